The lowest BCUT2D eigenvalue weighted by Crippen LogP contribution is -2.31. The zero-order valence-corrected chi connectivity index (χ0v) is 11.3. The van der Waals surface area contributed by atoms with Gasteiger partial charge in [0.1, 0.15) is 0 Å². The molecule has 108 valence electrons. The van der Waals surface area contributed by atoms with Gasteiger partial charge in [0.2, 0.25) is 11.9 Å². The van der Waals surface area contributed by atoms with Gasteiger partial charge in [-0.05, 0) is 6.42 Å². The summed E-state index contributed by atoms with van der Waals surface area (Å²) in [4.78, 5) is 14.1. The van der Waals surface area contributed by atoms with Crippen LogP contribution < -0.4 is 15.0 Å². The van der Waals surface area contributed by atoms with Crippen LogP contribution in [0.5, 0.6) is 6.01 Å². The van der Waals surface area contributed by atoms with Crippen LogP contribution in [0.15, 0.2) is 0 Å². The van der Waals surface area contributed by atoms with E-state index in [9.17, 15) is 0 Å². The highest BCUT2D eigenvalue weighted by molar-refractivity contribution is 5.38. The Bertz CT molecular complexity index is 371. The number of aromatic nitrogens is 3. The first kappa shape index (κ1) is 15.4. The topological polar surface area (TPSA) is 104 Å². The standard InChI is InChI=1S/C11H21N5O3/c1-3-8-19-11-14-9(12-2)13-10(15-11)16(4-6-17)5-7-18/h17-18H,3-8H2,1-2H3,(H,12,13,14,15). The molecular weight excluding hydrogens is 250 g/mol. The largest absolute Gasteiger partial charge is 0.463 e. The van der Waals surface area contributed by atoms with Gasteiger partial charge in [-0.2, -0.15) is 15.0 Å². The smallest absolute Gasteiger partial charge is 0.323 e. The molecule has 1 aromatic heterocycles. The monoisotopic (exact) mass is 271 g/mol. The van der Waals surface area contributed by atoms with Crippen molar-refractivity contribution in [3.63, 3.8) is 0 Å². The Hall–Kier alpha value is -1.67. The molecule has 0 aliphatic rings. The van der Waals surface area contributed by atoms with Crippen LogP contribution in [0.3, 0.4) is 0 Å². The van der Waals surface area contributed by atoms with Crippen molar-refractivity contribution in [1.82, 2.24) is 15.0 Å². The molecule has 8 heteroatoms. The summed E-state index contributed by atoms with van der Waals surface area (Å²) in [6.07, 6.45) is 0.854. The normalized spacial score (nSPS) is 10.3. The number of rotatable bonds is 9. The fraction of sp³-hybridized carbons (Fsp3) is 0.727. The first-order chi connectivity index (χ1) is 9.24. The number of nitrogens with one attached hydrogen (secondary N) is 1. The van der Waals surface area contributed by atoms with Crippen molar-refractivity contribution in [2.45, 2.75) is 13.3 Å². The van der Waals surface area contributed by atoms with Gasteiger partial charge in [-0.15, -0.1) is 0 Å². The van der Waals surface area contributed by atoms with E-state index in [0.29, 0.717) is 31.6 Å². The van der Waals surface area contributed by atoms with E-state index in [0.717, 1.165) is 6.42 Å². The van der Waals surface area contributed by atoms with Crippen LogP contribution in [0.2, 0.25) is 0 Å². The average Bonchev–Trinajstić information content (AvgIpc) is 2.44. The minimum Gasteiger partial charge on any atom is -0.463 e. The first-order valence-electron chi connectivity index (χ1n) is 6.28. The summed E-state index contributed by atoms with van der Waals surface area (Å²) in [5.74, 6) is 0.755. The van der Waals surface area contributed by atoms with Crippen molar-refractivity contribution < 1.29 is 14.9 Å². The number of aliphatic hydroxyl groups is 2. The SMILES string of the molecule is CCCOc1nc(NC)nc(N(CCO)CCO)n1. The summed E-state index contributed by atoms with van der Waals surface area (Å²) >= 11 is 0. The summed E-state index contributed by atoms with van der Waals surface area (Å²) in [5, 5.41) is 20.9. The Morgan fingerprint density at radius 3 is 2.37 bits per heavy atom. The summed E-state index contributed by atoms with van der Waals surface area (Å²) < 4.78 is 5.39. The van der Waals surface area contributed by atoms with Crippen molar-refractivity contribution in [2.24, 2.45) is 0 Å². The van der Waals surface area contributed by atoms with Gasteiger partial charge < -0.3 is 25.2 Å². The molecule has 1 rings (SSSR count). The molecule has 1 heterocycles. The average molecular weight is 271 g/mol. The Morgan fingerprint density at radius 1 is 1.16 bits per heavy atom. The van der Waals surface area contributed by atoms with Gasteiger partial charge >= 0.3 is 6.01 Å². The maximum Gasteiger partial charge on any atom is 0.323 e. The summed E-state index contributed by atoms with van der Waals surface area (Å²) in [7, 11) is 1.70. The van der Waals surface area contributed by atoms with E-state index < -0.39 is 0 Å². The summed E-state index contributed by atoms with van der Waals surface area (Å²) in [5.41, 5.74) is 0. The molecule has 0 atom stereocenters. The zero-order valence-electron chi connectivity index (χ0n) is 11.3. The molecule has 3 N–H and O–H groups in total. The Kier molecular flexibility index (Phi) is 6.83. The predicted molar refractivity (Wildman–Crippen MR) is 71.5 cm³/mol. The van der Waals surface area contributed by atoms with Gasteiger partial charge in [0, 0.05) is 20.1 Å². The number of ether oxygens (including phenoxy) is 1. The van der Waals surface area contributed by atoms with E-state index in [4.69, 9.17) is 14.9 Å². The summed E-state index contributed by atoms with van der Waals surface area (Å²) in [6.45, 7) is 3.08. The predicted octanol–water partition coefficient (Wildman–Crippen LogP) is -0.507. The molecule has 8 nitrogen and oxygen atoms in total. The van der Waals surface area contributed by atoms with Gasteiger partial charge in [0.25, 0.3) is 0 Å². The molecule has 0 unspecified atom stereocenters. The van der Waals surface area contributed by atoms with Crippen molar-refractivity contribution in [2.75, 3.05) is 50.2 Å². The number of aliphatic hydroxyl groups excluding tert-OH is 2. The molecule has 0 spiro atoms. The molecule has 0 amide bonds. The van der Waals surface area contributed by atoms with E-state index in [1.54, 1.807) is 11.9 Å². The van der Waals surface area contributed by atoms with Crippen molar-refractivity contribution in [3.8, 4) is 6.01 Å². The van der Waals surface area contributed by atoms with Crippen LogP contribution >= 0.6 is 0 Å². The van der Waals surface area contributed by atoms with Crippen LogP contribution in [-0.2, 0) is 0 Å². The quantitative estimate of drug-likeness (QED) is 0.552. The fourth-order valence-electron chi connectivity index (χ4n) is 1.41. The van der Waals surface area contributed by atoms with E-state index in [1.807, 2.05) is 6.92 Å². The number of nitrogens with zero attached hydrogens (tertiary/aromatic N) is 4. The highest BCUT2D eigenvalue weighted by Crippen LogP contribution is 2.14. The summed E-state index contributed by atoms with van der Waals surface area (Å²) in [6, 6.07) is 0.233. The molecule has 0 saturated heterocycles. The van der Waals surface area contributed by atoms with Crippen LogP contribution in [-0.4, -0.2) is 65.1 Å². The Morgan fingerprint density at radius 2 is 1.84 bits per heavy atom. The molecule has 1 aromatic rings. The lowest BCUT2D eigenvalue weighted by atomic mass is 10.5. The molecule has 19 heavy (non-hydrogen) atoms. The second kappa shape index (κ2) is 8.44. The number of hydrogen-bond donors (Lipinski definition) is 3. The van der Waals surface area contributed by atoms with Crippen LogP contribution in [0, 0.1) is 0 Å². The van der Waals surface area contributed by atoms with Crippen molar-refractivity contribution >= 4 is 11.9 Å². The minimum absolute atomic E-state index is 0.0499. The molecule has 0 aliphatic heterocycles. The minimum atomic E-state index is -0.0499. The van der Waals surface area contributed by atoms with E-state index >= 15 is 0 Å². The van der Waals surface area contributed by atoms with Crippen LogP contribution in [0.1, 0.15) is 13.3 Å². The van der Waals surface area contributed by atoms with Crippen molar-refractivity contribution in [1.29, 1.82) is 0 Å². The molecule has 0 fully saturated rings. The van der Waals surface area contributed by atoms with E-state index in [1.165, 1.54) is 0 Å². The van der Waals surface area contributed by atoms with Gasteiger partial charge in [0.15, 0.2) is 0 Å². The number of hydrogen-bond acceptors (Lipinski definition) is 8. The molecule has 0 bridgehead atoms. The highest BCUT2D eigenvalue weighted by Gasteiger charge is 2.13. The van der Waals surface area contributed by atoms with Gasteiger partial charge in [-0.3, -0.25) is 0 Å². The third-order valence-corrected chi connectivity index (χ3v) is 2.28. The second-order valence-corrected chi connectivity index (χ2v) is 3.77. The Labute approximate surface area is 112 Å². The van der Waals surface area contributed by atoms with Gasteiger partial charge in [-0.1, -0.05) is 6.92 Å². The molecule has 0 radical (unpaired) electrons. The van der Waals surface area contributed by atoms with Gasteiger partial charge in [0.05, 0.1) is 19.8 Å². The van der Waals surface area contributed by atoms with Crippen molar-refractivity contribution in [3.05, 3.63) is 0 Å². The van der Waals surface area contributed by atoms with E-state index in [-0.39, 0.29) is 19.2 Å². The van der Waals surface area contributed by atoms with Crippen LogP contribution in [0.25, 0.3) is 0 Å². The molecule has 0 saturated carbocycles. The maximum atomic E-state index is 9.02. The molecule has 0 aliphatic carbocycles. The lowest BCUT2D eigenvalue weighted by molar-refractivity contribution is 0.277. The second-order valence-electron chi connectivity index (χ2n) is 3.77. The molecule has 0 aromatic carbocycles. The van der Waals surface area contributed by atoms with E-state index in [2.05, 4.69) is 20.3 Å². The zero-order chi connectivity index (χ0) is 14.1. The molecular formula is C11H21N5O3. The van der Waals surface area contributed by atoms with Gasteiger partial charge in [-0.25, -0.2) is 0 Å². The third-order valence-electron chi connectivity index (χ3n) is 2.28. The Balaban J connectivity index is 2.95. The third kappa shape index (κ3) is 4.84. The number of anilines is 2. The lowest BCUT2D eigenvalue weighted by Gasteiger charge is -2.21. The van der Waals surface area contributed by atoms with Crippen LogP contribution in [0.4, 0.5) is 11.9 Å². The maximum absolute atomic E-state index is 9.02. The highest BCUT2D eigenvalue weighted by atomic mass is 16.5. The first-order valence-corrected chi connectivity index (χ1v) is 6.28. The fourth-order valence-corrected chi connectivity index (χ4v) is 1.41.